The molecule has 0 unspecified atom stereocenters. The van der Waals surface area contributed by atoms with E-state index < -0.39 is 0 Å². The average molecular weight is 289 g/mol. The molecule has 0 saturated carbocycles. The molecule has 5 nitrogen and oxygen atoms in total. The number of hydrogen-bond donors (Lipinski definition) is 1. The molecule has 2 aromatic heterocycles. The smallest absolute Gasteiger partial charge is 0.193 e. The number of anilines is 1. The van der Waals surface area contributed by atoms with Gasteiger partial charge in [-0.25, -0.2) is 19.9 Å². The van der Waals surface area contributed by atoms with Crippen LogP contribution in [0.1, 0.15) is 32.3 Å². The van der Waals surface area contributed by atoms with Crippen LogP contribution in [-0.2, 0) is 6.42 Å². The van der Waals surface area contributed by atoms with Crippen LogP contribution in [0.15, 0.2) is 35.0 Å². The van der Waals surface area contributed by atoms with Crippen LogP contribution in [0, 0.1) is 0 Å². The third-order valence-electron chi connectivity index (χ3n) is 2.68. The van der Waals surface area contributed by atoms with E-state index in [1.165, 1.54) is 11.8 Å². The second-order valence-corrected chi connectivity index (χ2v) is 5.27. The third kappa shape index (κ3) is 3.90. The summed E-state index contributed by atoms with van der Waals surface area (Å²) in [5.41, 5.74) is 1.15. The molecule has 0 radical (unpaired) electrons. The Kier molecular flexibility index (Phi) is 5.73. The number of aromatic nitrogens is 4. The summed E-state index contributed by atoms with van der Waals surface area (Å²) in [6.45, 7) is 5.21. The normalized spacial score (nSPS) is 10.5. The highest BCUT2D eigenvalue weighted by atomic mass is 32.2. The Labute approximate surface area is 123 Å². The van der Waals surface area contributed by atoms with E-state index in [9.17, 15) is 0 Å². The second-order valence-electron chi connectivity index (χ2n) is 4.32. The van der Waals surface area contributed by atoms with Gasteiger partial charge in [0.05, 0.1) is 0 Å². The highest BCUT2D eigenvalue weighted by Crippen LogP contribution is 2.29. The summed E-state index contributed by atoms with van der Waals surface area (Å²) in [4.78, 5) is 17.2. The van der Waals surface area contributed by atoms with Gasteiger partial charge in [0.25, 0.3) is 0 Å². The molecule has 0 spiro atoms. The second kappa shape index (κ2) is 7.79. The van der Waals surface area contributed by atoms with Crippen LogP contribution in [0.5, 0.6) is 0 Å². The predicted octanol–water partition coefficient (Wildman–Crippen LogP) is 3.19. The van der Waals surface area contributed by atoms with Crippen molar-refractivity contribution in [2.45, 2.75) is 43.3 Å². The zero-order chi connectivity index (χ0) is 14.2. The first-order valence-corrected chi connectivity index (χ1v) is 7.69. The van der Waals surface area contributed by atoms with Gasteiger partial charge in [-0.2, -0.15) is 0 Å². The fourth-order valence-electron chi connectivity index (χ4n) is 1.78. The third-order valence-corrected chi connectivity index (χ3v) is 3.62. The SMILES string of the molecule is CCCNc1ncnc(Sc2ncccn2)c1CCC. The van der Waals surface area contributed by atoms with Crippen LogP contribution in [-0.4, -0.2) is 26.5 Å². The van der Waals surface area contributed by atoms with E-state index in [1.54, 1.807) is 18.7 Å². The molecular formula is C14H19N5S. The van der Waals surface area contributed by atoms with Crippen molar-refractivity contribution in [3.8, 4) is 0 Å². The van der Waals surface area contributed by atoms with E-state index in [-0.39, 0.29) is 0 Å². The van der Waals surface area contributed by atoms with Gasteiger partial charge < -0.3 is 5.32 Å². The average Bonchev–Trinajstić information content (AvgIpc) is 2.49. The highest BCUT2D eigenvalue weighted by Gasteiger charge is 2.12. The van der Waals surface area contributed by atoms with Crippen LogP contribution >= 0.6 is 11.8 Å². The Morgan fingerprint density at radius 1 is 1.05 bits per heavy atom. The van der Waals surface area contributed by atoms with Crippen molar-refractivity contribution < 1.29 is 0 Å². The molecule has 0 fully saturated rings. The Morgan fingerprint density at radius 2 is 1.85 bits per heavy atom. The van der Waals surface area contributed by atoms with Gasteiger partial charge in [0.1, 0.15) is 17.2 Å². The van der Waals surface area contributed by atoms with Gasteiger partial charge in [-0.1, -0.05) is 20.3 Å². The molecule has 6 heteroatoms. The molecule has 0 amide bonds. The van der Waals surface area contributed by atoms with E-state index in [0.29, 0.717) is 5.16 Å². The standard InChI is InChI=1S/C14H19N5S/c1-3-6-11-12(15-7-4-2)18-10-19-13(11)20-14-16-8-5-9-17-14/h5,8-10H,3-4,6-7H2,1-2H3,(H,15,18,19). The maximum Gasteiger partial charge on any atom is 0.193 e. The lowest BCUT2D eigenvalue weighted by Crippen LogP contribution is -2.07. The minimum absolute atomic E-state index is 0.713. The Bertz CT molecular complexity index is 532. The van der Waals surface area contributed by atoms with Crippen LogP contribution in [0.2, 0.25) is 0 Å². The first kappa shape index (κ1) is 14.7. The summed E-state index contributed by atoms with van der Waals surface area (Å²) in [6, 6.07) is 1.81. The van der Waals surface area contributed by atoms with E-state index in [4.69, 9.17) is 0 Å². The fraction of sp³-hybridized carbons (Fsp3) is 0.429. The number of hydrogen-bond acceptors (Lipinski definition) is 6. The van der Waals surface area contributed by atoms with Crippen molar-refractivity contribution in [3.05, 3.63) is 30.4 Å². The highest BCUT2D eigenvalue weighted by molar-refractivity contribution is 7.99. The molecular weight excluding hydrogens is 270 g/mol. The lowest BCUT2D eigenvalue weighted by molar-refractivity contribution is 0.845. The van der Waals surface area contributed by atoms with Crippen LogP contribution in [0.4, 0.5) is 5.82 Å². The summed E-state index contributed by atoms with van der Waals surface area (Å²) in [7, 11) is 0. The summed E-state index contributed by atoms with van der Waals surface area (Å²) >= 11 is 1.49. The minimum atomic E-state index is 0.713. The fourth-order valence-corrected chi connectivity index (χ4v) is 2.60. The molecule has 106 valence electrons. The molecule has 2 rings (SSSR count). The summed E-state index contributed by atoms with van der Waals surface area (Å²) in [5, 5.41) is 5.02. The van der Waals surface area contributed by atoms with Crippen molar-refractivity contribution >= 4 is 17.6 Å². The van der Waals surface area contributed by atoms with Gasteiger partial charge >= 0.3 is 0 Å². The zero-order valence-corrected chi connectivity index (χ0v) is 12.7. The zero-order valence-electron chi connectivity index (χ0n) is 11.8. The molecule has 0 bridgehead atoms. The van der Waals surface area contributed by atoms with Crippen LogP contribution < -0.4 is 5.32 Å². The van der Waals surface area contributed by atoms with Gasteiger partial charge in [0, 0.05) is 24.5 Å². The van der Waals surface area contributed by atoms with Crippen LogP contribution in [0.25, 0.3) is 0 Å². The molecule has 0 aromatic carbocycles. The van der Waals surface area contributed by atoms with Crippen molar-refractivity contribution in [1.82, 2.24) is 19.9 Å². The van der Waals surface area contributed by atoms with E-state index in [2.05, 4.69) is 39.1 Å². The number of nitrogens with one attached hydrogen (secondary N) is 1. The molecule has 2 aromatic rings. The van der Waals surface area contributed by atoms with E-state index in [1.807, 2.05) is 6.07 Å². The molecule has 0 aliphatic rings. The quantitative estimate of drug-likeness (QED) is 0.624. The summed E-state index contributed by atoms with van der Waals surface area (Å²) < 4.78 is 0. The molecule has 20 heavy (non-hydrogen) atoms. The molecule has 1 N–H and O–H groups in total. The summed E-state index contributed by atoms with van der Waals surface area (Å²) in [6.07, 6.45) is 8.15. The molecule has 0 atom stereocenters. The van der Waals surface area contributed by atoms with E-state index in [0.717, 1.165) is 42.2 Å². The molecule has 0 aliphatic carbocycles. The minimum Gasteiger partial charge on any atom is -0.370 e. The van der Waals surface area contributed by atoms with Gasteiger partial charge in [0.2, 0.25) is 0 Å². The maximum atomic E-state index is 4.39. The predicted molar refractivity (Wildman–Crippen MR) is 81.0 cm³/mol. The molecule has 2 heterocycles. The lowest BCUT2D eigenvalue weighted by Gasteiger charge is -2.12. The Hall–Kier alpha value is -1.69. The maximum absolute atomic E-state index is 4.39. The topological polar surface area (TPSA) is 63.6 Å². The van der Waals surface area contributed by atoms with Gasteiger partial charge in [-0.3, -0.25) is 0 Å². The van der Waals surface area contributed by atoms with Crippen LogP contribution in [0.3, 0.4) is 0 Å². The first-order chi connectivity index (χ1) is 9.85. The van der Waals surface area contributed by atoms with Gasteiger partial charge in [0.15, 0.2) is 5.16 Å². The Morgan fingerprint density at radius 3 is 2.55 bits per heavy atom. The summed E-state index contributed by atoms with van der Waals surface area (Å²) in [5.74, 6) is 0.933. The molecule has 0 saturated heterocycles. The largest absolute Gasteiger partial charge is 0.370 e. The van der Waals surface area contributed by atoms with E-state index >= 15 is 0 Å². The van der Waals surface area contributed by atoms with Crippen molar-refractivity contribution in [2.24, 2.45) is 0 Å². The lowest BCUT2D eigenvalue weighted by atomic mass is 10.2. The number of nitrogens with zero attached hydrogens (tertiary/aromatic N) is 4. The van der Waals surface area contributed by atoms with Crippen molar-refractivity contribution in [3.63, 3.8) is 0 Å². The number of rotatable bonds is 7. The Balaban J connectivity index is 2.26. The van der Waals surface area contributed by atoms with Crippen molar-refractivity contribution in [2.75, 3.05) is 11.9 Å². The monoisotopic (exact) mass is 289 g/mol. The van der Waals surface area contributed by atoms with Crippen molar-refractivity contribution in [1.29, 1.82) is 0 Å². The molecule has 0 aliphatic heterocycles. The van der Waals surface area contributed by atoms with Gasteiger partial charge in [-0.05, 0) is 30.7 Å². The first-order valence-electron chi connectivity index (χ1n) is 6.87. The van der Waals surface area contributed by atoms with Gasteiger partial charge in [-0.15, -0.1) is 0 Å².